The number of ether oxygens (including phenoxy) is 2. The van der Waals surface area contributed by atoms with Crippen molar-refractivity contribution < 1.29 is 14.6 Å². The lowest BCUT2D eigenvalue weighted by atomic mass is 10.1. The van der Waals surface area contributed by atoms with Gasteiger partial charge in [0.25, 0.3) is 0 Å². The fourth-order valence-electron chi connectivity index (χ4n) is 2.94. The number of pyridine rings is 1. The van der Waals surface area contributed by atoms with Crippen LogP contribution in [0.25, 0.3) is 0 Å². The summed E-state index contributed by atoms with van der Waals surface area (Å²) >= 11 is 0. The van der Waals surface area contributed by atoms with Gasteiger partial charge in [-0.15, -0.1) is 0 Å². The lowest BCUT2D eigenvalue weighted by Crippen LogP contribution is -2.27. The standard InChI is InChI=1S/C23H26N2O3/c1-17(12-18-5-8-21(26)9-6-18)25-15-19-7-10-22(27-2)23(13-19)28-16-20-4-3-11-24-14-20/h3-11,13-14,17,25-26H,12,15-16H2,1-2H3. The molecular formula is C23H26N2O3. The molecule has 0 bridgehead atoms. The van der Waals surface area contributed by atoms with Crippen molar-refractivity contribution in [1.82, 2.24) is 10.3 Å². The quantitative estimate of drug-likeness (QED) is 0.587. The first-order valence-electron chi connectivity index (χ1n) is 9.34. The fourth-order valence-corrected chi connectivity index (χ4v) is 2.94. The van der Waals surface area contributed by atoms with E-state index in [0.29, 0.717) is 24.1 Å². The van der Waals surface area contributed by atoms with Gasteiger partial charge in [-0.1, -0.05) is 24.3 Å². The molecule has 0 aliphatic carbocycles. The number of hydrogen-bond donors (Lipinski definition) is 2. The van der Waals surface area contributed by atoms with Crippen LogP contribution in [0.4, 0.5) is 0 Å². The monoisotopic (exact) mass is 378 g/mol. The van der Waals surface area contributed by atoms with Crippen molar-refractivity contribution in [2.75, 3.05) is 7.11 Å². The summed E-state index contributed by atoms with van der Waals surface area (Å²) in [6.45, 7) is 3.32. The van der Waals surface area contributed by atoms with E-state index in [1.54, 1.807) is 31.6 Å². The van der Waals surface area contributed by atoms with Gasteiger partial charge in [0, 0.05) is 30.5 Å². The van der Waals surface area contributed by atoms with Gasteiger partial charge in [0.05, 0.1) is 7.11 Å². The number of aromatic hydroxyl groups is 1. The average molecular weight is 378 g/mol. The topological polar surface area (TPSA) is 63.6 Å². The molecule has 5 nitrogen and oxygen atoms in total. The number of aromatic nitrogens is 1. The van der Waals surface area contributed by atoms with E-state index < -0.39 is 0 Å². The Balaban J connectivity index is 1.58. The van der Waals surface area contributed by atoms with E-state index >= 15 is 0 Å². The Morgan fingerprint density at radius 3 is 2.50 bits per heavy atom. The average Bonchev–Trinajstić information content (AvgIpc) is 2.73. The molecule has 0 saturated carbocycles. The summed E-state index contributed by atoms with van der Waals surface area (Å²) in [6.07, 6.45) is 4.43. The van der Waals surface area contributed by atoms with E-state index in [2.05, 4.69) is 17.2 Å². The third-order valence-corrected chi connectivity index (χ3v) is 4.48. The SMILES string of the molecule is COc1ccc(CNC(C)Cc2ccc(O)cc2)cc1OCc1cccnc1. The van der Waals surface area contributed by atoms with Crippen molar-refractivity contribution in [3.8, 4) is 17.2 Å². The first-order valence-corrected chi connectivity index (χ1v) is 9.34. The van der Waals surface area contributed by atoms with Gasteiger partial charge in [-0.2, -0.15) is 0 Å². The molecule has 0 aliphatic heterocycles. The number of methoxy groups -OCH3 is 1. The van der Waals surface area contributed by atoms with Gasteiger partial charge in [-0.05, 0) is 54.8 Å². The molecule has 5 heteroatoms. The Morgan fingerprint density at radius 1 is 1.00 bits per heavy atom. The van der Waals surface area contributed by atoms with Crippen LogP contribution < -0.4 is 14.8 Å². The number of nitrogens with one attached hydrogen (secondary N) is 1. The summed E-state index contributed by atoms with van der Waals surface area (Å²) in [7, 11) is 1.64. The number of phenolic OH excluding ortho intramolecular Hbond substituents is 1. The van der Waals surface area contributed by atoms with Crippen LogP contribution in [0.3, 0.4) is 0 Å². The molecule has 1 unspecified atom stereocenters. The second-order valence-electron chi connectivity index (χ2n) is 6.79. The molecule has 2 aromatic carbocycles. The minimum Gasteiger partial charge on any atom is -0.508 e. The van der Waals surface area contributed by atoms with Gasteiger partial charge in [-0.25, -0.2) is 0 Å². The molecule has 1 heterocycles. The summed E-state index contributed by atoms with van der Waals surface area (Å²) in [5, 5.41) is 12.9. The van der Waals surface area contributed by atoms with Crippen molar-refractivity contribution in [3.63, 3.8) is 0 Å². The molecule has 0 amide bonds. The zero-order valence-electron chi connectivity index (χ0n) is 16.3. The first-order chi connectivity index (χ1) is 13.6. The summed E-state index contributed by atoms with van der Waals surface area (Å²) < 4.78 is 11.4. The molecule has 0 fully saturated rings. The molecule has 0 saturated heterocycles. The normalized spacial score (nSPS) is 11.8. The number of benzene rings is 2. The van der Waals surface area contributed by atoms with Crippen molar-refractivity contribution in [1.29, 1.82) is 0 Å². The minimum atomic E-state index is 0.293. The maximum atomic E-state index is 9.39. The van der Waals surface area contributed by atoms with Crippen molar-refractivity contribution in [2.24, 2.45) is 0 Å². The van der Waals surface area contributed by atoms with Gasteiger partial charge in [0.1, 0.15) is 12.4 Å². The zero-order chi connectivity index (χ0) is 19.8. The summed E-state index contributed by atoms with van der Waals surface area (Å²) in [4.78, 5) is 4.11. The molecule has 146 valence electrons. The molecule has 0 spiro atoms. The lowest BCUT2D eigenvalue weighted by Gasteiger charge is -2.16. The zero-order valence-corrected chi connectivity index (χ0v) is 16.3. The minimum absolute atomic E-state index is 0.293. The Bertz CT molecular complexity index is 867. The van der Waals surface area contributed by atoms with E-state index in [9.17, 15) is 5.11 Å². The van der Waals surface area contributed by atoms with E-state index in [4.69, 9.17) is 9.47 Å². The van der Waals surface area contributed by atoms with Crippen LogP contribution in [0.15, 0.2) is 67.0 Å². The van der Waals surface area contributed by atoms with E-state index in [-0.39, 0.29) is 0 Å². The van der Waals surface area contributed by atoms with Crippen molar-refractivity contribution in [3.05, 3.63) is 83.7 Å². The molecule has 0 radical (unpaired) electrons. The lowest BCUT2D eigenvalue weighted by molar-refractivity contribution is 0.283. The second kappa shape index (κ2) is 9.76. The number of hydrogen-bond acceptors (Lipinski definition) is 5. The largest absolute Gasteiger partial charge is 0.508 e. The molecule has 0 aliphatic rings. The van der Waals surface area contributed by atoms with E-state index in [1.807, 2.05) is 42.5 Å². The highest BCUT2D eigenvalue weighted by molar-refractivity contribution is 5.43. The van der Waals surface area contributed by atoms with E-state index in [1.165, 1.54) is 5.56 Å². The van der Waals surface area contributed by atoms with Gasteiger partial charge in [0.2, 0.25) is 0 Å². The maximum absolute atomic E-state index is 9.39. The van der Waals surface area contributed by atoms with Gasteiger partial charge < -0.3 is 19.9 Å². The Hall–Kier alpha value is -3.05. The first kappa shape index (κ1) is 19.7. The van der Waals surface area contributed by atoms with Crippen molar-refractivity contribution >= 4 is 0 Å². The van der Waals surface area contributed by atoms with Crippen LogP contribution in [0.1, 0.15) is 23.6 Å². The van der Waals surface area contributed by atoms with Gasteiger partial charge in [-0.3, -0.25) is 4.98 Å². The number of phenols is 1. The highest BCUT2D eigenvalue weighted by Gasteiger charge is 2.08. The third-order valence-electron chi connectivity index (χ3n) is 4.48. The van der Waals surface area contributed by atoms with Crippen LogP contribution in [0, 0.1) is 0 Å². The summed E-state index contributed by atoms with van der Waals surface area (Å²) in [6, 6.07) is 17.5. The molecule has 3 aromatic rings. The number of rotatable bonds is 9. The molecule has 1 atom stereocenters. The molecule has 3 rings (SSSR count). The van der Waals surface area contributed by atoms with Gasteiger partial charge >= 0.3 is 0 Å². The van der Waals surface area contributed by atoms with E-state index in [0.717, 1.165) is 29.8 Å². The molecule has 2 N–H and O–H groups in total. The van der Waals surface area contributed by atoms with Crippen LogP contribution in [0.2, 0.25) is 0 Å². The Kier molecular flexibility index (Phi) is 6.87. The van der Waals surface area contributed by atoms with Gasteiger partial charge in [0.15, 0.2) is 11.5 Å². The second-order valence-corrected chi connectivity index (χ2v) is 6.79. The van der Waals surface area contributed by atoms with Crippen molar-refractivity contribution in [2.45, 2.75) is 32.5 Å². The molecule has 1 aromatic heterocycles. The highest BCUT2D eigenvalue weighted by atomic mass is 16.5. The molecular weight excluding hydrogens is 352 g/mol. The summed E-state index contributed by atoms with van der Waals surface area (Å²) in [5.41, 5.74) is 3.32. The number of nitrogens with zero attached hydrogens (tertiary/aromatic N) is 1. The van der Waals surface area contributed by atoms with Crippen LogP contribution in [-0.4, -0.2) is 23.2 Å². The third kappa shape index (κ3) is 5.72. The van der Waals surface area contributed by atoms with Crippen LogP contribution in [0.5, 0.6) is 17.2 Å². The Morgan fingerprint density at radius 2 is 1.79 bits per heavy atom. The maximum Gasteiger partial charge on any atom is 0.161 e. The highest BCUT2D eigenvalue weighted by Crippen LogP contribution is 2.29. The van der Waals surface area contributed by atoms with Crippen LogP contribution >= 0.6 is 0 Å². The fraction of sp³-hybridized carbons (Fsp3) is 0.261. The summed E-state index contributed by atoms with van der Waals surface area (Å²) in [5.74, 6) is 1.73. The smallest absolute Gasteiger partial charge is 0.161 e. The predicted molar refractivity (Wildman–Crippen MR) is 110 cm³/mol. The Labute approximate surface area is 166 Å². The predicted octanol–water partition coefficient (Wildman–Crippen LogP) is 4.10. The molecule has 28 heavy (non-hydrogen) atoms. The van der Waals surface area contributed by atoms with Crippen LogP contribution in [-0.2, 0) is 19.6 Å².